The quantitative estimate of drug-likeness (QED) is 0.912. The predicted octanol–water partition coefficient (Wildman–Crippen LogP) is 3.48. The van der Waals surface area contributed by atoms with Crippen molar-refractivity contribution in [1.29, 1.82) is 0 Å². The van der Waals surface area contributed by atoms with Crippen LogP contribution in [-0.2, 0) is 6.42 Å². The summed E-state index contributed by atoms with van der Waals surface area (Å²) in [5.74, 6) is 0.821. The Kier molecular flexibility index (Phi) is 3.25. The number of rotatable bonds is 2. The van der Waals surface area contributed by atoms with Gasteiger partial charge in [0.2, 0.25) is 0 Å². The highest BCUT2D eigenvalue weighted by Crippen LogP contribution is 2.34. The summed E-state index contributed by atoms with van der Waals surface area (Å²) in [5, 5.41) is 0.707. The van der Waals surface area contributed by atoms with Crippen LogP contribution in [0, 0.1) is 0 Å². The highest BCUT2D eigenvalue weighted by molar-refractivity contribution is 6.30. The normalized spacial score (nSPS) is 18.2. The fraction of sp³-hybridized carbons (Fsp3) is 0.333. The van der Waals surface area contributed by atoms with Crippen LogP contribution in [0.3, 0.4) is 0 Å². The molecule has 2 N–H and O–H groups in total. The summed E-state index contributed by atoms with van der Waals surface area (Å²) in [4.78, 5) is 0. The molecule has 100 valence electrons. The summed E-state index contributed by atoms with van der Waals surface area (Å²) in [7, 11) is 1.68. The molecule has 0 spiro atoms. The molecule has 1 aliphatic carbocycles. The average Bonchev–Trinajstić information content (AvgIpc) is 2.84. The minimum absolute atomic E-state index is 0.148. The van der Waals surface area contributed by atoms with Gasteiger partial charge in [0.25, 0.3) is 0 Å². The third-order valence-corrected chi connectivity index (χ3v) is 3.99. The maximum atomic E-state index is 6.17. The van der Waals surface area contributed by atoms with E-state index in [1.165, 1.54) is 11.3 Å². The van der Waals surface area contributed by atoms with Crippen LogP contribution >= 0.6 is 11.6 Å². The highest BCUT2D eigenvalue weighted by atomic mass is 35.5. The second-order valence-corrected chi connectivity index (χ2v) is 5.34. The molecule has 1 aliphatic rings. The lowest BCUT2D eigenvalue weighted by Gasteiger charge is -2.21. The molecule has 0 radical (unpaired) electrons. The van der Waals surface area contributed by atoms with Crippen molar-refractivity contribution in [2.24, 2.45) is 5.73 Å². The first kappa shape index (κ1) is 12.6. The molecule has 1 atom stereocenters. The van der Waals surface area contributed by atoms with Crippen molar-refractivity contribution in [3.05, 3.63) is 46.7 Å². The van der Waals surface area contributed by atoms with E-state index in [4.69, 9.17) is 22.1 Å². The van der Waals surface area contributed by atoms with E-state index in [2.05, 4.69) is 16.8 Å². The minimum Gasteiger partial charge on any atom is -0.495 e. The Balaban J connectivity index is 2.15. The first-order chi connectivity index (χ1) is 9.20. The fourth-order valence-electron chi connectivity index (χ4n) is 2.80. The maximum Gasteiger partial charge on any atom is 0.142 e. The molecule has 0 amide bonds. The smallest absolute Gasteiger partial charge is 0.142 e. The minimum atomic E-state index is 0.148. The summed E-state index contributed by atoms with van der Waals surface area (Å²) in [6.45, 7) is 0. The number of halogens is 1. The van der Waals surface area contributed by atoms with Crippen LogP contribution in [0.15, 0.2) is 30.5 Å². The number of nitrogens with two attached hydrogens (primary N) is 1. The lowest BCUT2D eigenvalue weighted by Crippen LogP contribution is -2.18. The summed E-state index contributed by atoms with van der Waals surface area (Å²) in [6.07, 6.45) is 5.29. The SMILES string of the molecule is COc1ccc(Cl)cc1-n1ccc2c1CCCC2N. The third kappa shape index (κ3) is 2.13. The summed E-state index contributed by atoms with van der Waals surface area (Å²) < 4.78 is 7.58. The molecule has 0 bridgehead atoms. The van der Waals surface area contributed by atoms with Gasteiger partial charge in [-0.2, -0.15) is 0 Å². The van der Waals surface area contributed by atoms with Gasteiger partial charge in [-0.05, 0) is 49.1 Å². The van der Waals surface area contributed by atoms with Crippen molar-refractivity contribution in [1.82, 2.24) is 4.57 Å². The zero-order valence-corrected chi connectivity index (χ0v) is 11.7. The summed E-state index contributed by atoms with van der Waals surface area (Å²) in [6, 6.07) is 7.92. The maximum absolute atomic E-state index is 6.17. The third-order valence-electron chi connectivity index (χ3n) is 3.76. The Morgan fingerprint density at radius 2 is 2.21 bits per heavy atom. The molecule has 0 aliphatic heterocycles. The molecule has 2 aromatic rings. The van der Waals surface area contributed by atoms with Crippen molar-refractivity contribution < 1.29 is 4.74 Å². The second kappa shape index (κ2) is 4.91. The molecule has 0 fully saturated rings. The van der Waals surface area contributed by atoms with Gasteiger partial charge in [-0.3, -0.25) is 0 Å². The monoisotopic (exact) mass is 276 g/mol. The molecule has 1 heterocycles. The van der Waals surface area contributed by atoms with Gasteiger partial charge in [0.15, 0.2) is 0 Å². The fourth-order valence-corrected chi connectivity index (χ4v) is 2.97. The van der Waals surface area contributed by atoms with Crippen LogP contribution in [0.1, 0.15) is 30.1 Å². The second-order valence-electron chi connectivity index (χ2n) is 4.90. The molecule has 3 rings (SSSR count). The average molecular weight is 277 g/mol. The molecule has 1 aromatic carbocycles. The first-order valence-electron chi connectivity index (χ1n) is 6.50. The Labute approximate surface area is 117 Å². The summed E-state index contributed by atoms with van der Waals surface area (Å²) >= 11 is 6.11. The Morgan fingerprint density at radius 1 is 1.37 bits per heavy atom. The largest absolute Gasteiger partial charge is 0.495 e. The van der Waals surface area contributed by atoms with E-state index in [0.29, 0.717) is 5.02 Å². The standard InChI is InChI=1S/C15H17ClN2O/c1-19-15-6-5-10(16)9-14(15)18-8-7-11-12(17)3-2-4-13(11)18/h5-9,12H,2-4,17H2,1H3. The lowest BCUT2D eigenvalue weighted by atomic mass is 9.93. The number of hydrogen-bond acceptors (Lipinski definition) is 2. The molecular weight excluding hydrogens is 260 g/mol. The molecule has 3 nitrogen and oxygen atoms in total. The summed E-state index contributed by atoms with van der Waals surface area (Å²) in [5.41, 5.74) is 9.67. The van der Waals surface area contributed by atoms with E-state index < -0.39 is 0 Å². The molecule has 1 aromatic heterocycles. The Bertz CT molecular complexity index is 606. The van der Waals surface area contributed by atoms with Gasteiger partial charge in [-0.1, -0.05) is 11.6 Å². The van der Waals surface area contributed by atoms with Gasteiger partial charge in [-0.15, -0.1) is 0 Å². The van der Waals surface area contributed by atoms with Gasteiger partial charge in [0.05, 0.1) is 12.8 Å². The van der Waals surface area contributed by atoms with E-state index in [-0.39, 0.29) is 6.04 Å². The topological polar surface area (TPSA) is 40.2 Å². The number of benzene rings is 1. The van der Waals surface area contributed by atoms with Crippen molar-refractivity contribution >= 4 is 11.6 Å². The van der Waals surface area contributed by atoms with Crippen LogP contribution in [0.5, 0.6) is 5.75 Å². The number of fused-ring (bicyclic) bond motifs is 1. The van der Waals surface area contributed by atoms with E-state index in [9.17, 15) is 0 Å². The van der Waals surface area contributed by atoms with Gasteiger partial charge in [-0.25, -0.2) is 0 Å². The van der Waals surface area contributed by atoms with Gasteiger partial charge in [0, 0.05) is 23.0 Å². The van der Waals surface area contributed by atoms with Crippen molar-refractivity contribution in [3.63, 3.8) is 0 Å². The number of ether oxygens (including phenoxy) is 1. The van der Waals surface area contributed by atoms with Crippen molar-refractivity contribution in [3.8, 4) is 11.4 Å². The number of aromatic nitrogens is 1. The van der Waals surface area contributed by atoms with E-state index in [1.807, 2.05) is 18.2 Å². The van der Waals surface area contributed by atoms with Crippen LogP contribution < -0.4 is 10.5 Å². The van der Waals surface area contributed by atoms with Crippen LogP contribution in [-0.4, -0.2) is 11.7 Å². The van der Waals surface area contributed by atoms with Gasteiger partial charge < -0.3 is 15.0 Å². The number of methoxy groups -OCH3 is 1. The molecule has 19 heavy (non-hydrogen) atoms. The van der Waals surface area contributed by atoms with Crippen molar-refractivity contribution in [2.75, 3.05) is 7.11 Å². The van der Waals surface area contributed by atoms with E-state index in [1.54, 1.807) is 7.11 Å². The molecule has 0 saturated carbocycles. The predicted molar refractivity (Wildman–Crippen MR) is 77.2 cm³/mol. The molecule has 1 unspecified atom stereocenters. The van der Waals surface area contributed by atoms with Crippen LogP contribution in [0.25, 0.3) is 5.69 Å². The molecule has 4 heteroatoms. The van der Waals surface area contributed by atoms with E-state index >= 15 is 0 Å². The highest BCUT2D eigenvalue weighted by Gasteiger charge is 2.21. The zero-order valence-electron chi connectivity index (χ0n) is 10.9. The van der Waals surface area contributed by atoms with E-state index in [0.717, 1.165) is 30.7 Å². The molecule has 0 saturated heterocycles. The Hall–Kier alpha value is -1.45. The zero-order chi connectivity index (χ0) is 13.4. The van der Waals surface area contributed by atoms with Crippen molar-refractivity contribution in [2.45, 2.75) is 25.3 Å². The Morgan fingerprint density at radius 3 is 3.00 bits per heavy atom. The molecular formula is C15H17ClN2O. The first-order valence-corrected chi connectivity index (χ1v) is 6.88. The van der Waals surface area contributed by atoms with Gasteiger partial charge >= 0.3 is 0 Å². The number of nitrogens with zero attached hydrogens (tertiary/aromatic N) is 1. The van der Waals surface area contributed by atoms with Crippen LogP contribution in [0.4, 0.5) is 0 Å². The number of hydrogen-bond donors (Lipinski definition) is 1. The van der Waals surface area contributed by atoms with Gasteiger partial charge in [0.1, 0.15) is 5.75 Å². The van der Waals surface area contributed by atoms with Crippen LogP contribution in [0.2, 0.25) is 5.02 Å². The lowest BCUT2D eigenvalue weighted by molar-refractivity contribution is 0.412.